The van der Waals surface area contributed by atoms with Gasteiger partial charge in [0.2, 0.25) is 0 Å². The van der Waals surface area contributed by atoms with E-state index >= 15 is 0 Å². The zero-order chi connectivity index (χ0) is 17.4. The van der Waals surface area contributed by atoms with Crippen LogP contribution in [-0.4, -0.2) is 51.2 Å². The molecule has 1 aromatic rings. The number of rotatable bonds is 7. The summed E-state index contributed by atoms with van der Waals surface area (Å²) in [4.78, 5) is 7.01. The lowest BCUT2D eigenvalue weighted by atomic mass is 10.1. The van der Waals surface area contributed by atoms with Crippen molar-refractivity contribution in [1.82, 2.24) is 15.5 Å². The molecule has 1 atom stereocenters. The number of aliphatic imine (C=N–C) groups is 1. The molecule has 0 spiro atoms. The van der Waals surface area contributed by atoms with E-state index in [0.717, 1.165) is 31.1 Å². The molecule has 1 aliphatic carbocycles. The van der Waals surface area contributed by atoms with Gasteiger partial charge in [-0.3, -0.25) is 4.99 Å². The van der Waals surface area contributed by atoms with Crippen LogP contribution in [0.15, 0.2) is 41.4 Å². The third-order valence-electron chi connectivity index (χ3n) is 4.22. The van der Waals surface area contributed by atoms with Gasteiger partial charge < -0.3 is 20.3 Å². The predicted octanol–water partition coefficient (Wildman–Crippen LogP) is 3.19. The van der Waals surface area contributed by atoms with Crippen LogP contribution in [-0.2, 0) is 0 Å². The molecule has 0 saturated heterocycles. The van der Waals surface area contributed by atoms with Crippen molar-refractivity contribution in [2.45, 2.75) is 31.8 Å². The number of hydrogen-bond donors (Lipinski definition) is 2. The highest BCUT2D eigenvalue weighted by Gasteiger charge is 2.16. The van der Waals surface area contributed by atoms with Gasteiger partial charge in [0.15, 0.2) is 5.96 Å². The predicted molar refractivity (Wildman–Crippen MR) is 116 cm³/mol. The summed E-state index contributed by atoms with van der Waals surface area (Å²) in [6, 6.07) is 8.88. The molecule has 1 aromatic carbocycles. The van der Waals surface area contributed by atoms with E-state index in [9.17, 15) is 0 Å². The van der Waals surface area contributed by atoms with Crippen LogP contribution in [0.2, 0.25) is 0 Å². The Morgan fingerprint density at radius 1 is 1.32 bits per heavy atom. The minimum absolute atomic E-state index is 0. The molecule has 0 aromatic heterocycles. The fraction of sp³-hybridized carbons (Fsp3) is 0.526. The Morgan fingerprint density at radius 2 is 2.04 bits per heavy atom. The van der Waals surface area contributed by atoms with Gasteiger partial charge in [-0.1, -0.05) is 24.3 Å². The normalized spacial score (nSPS) is 15.8. The summed E-state index contributed by atoms with van der Waals surface area (Å²) in [6.45, 7) is 3.64. The topological polar surface area (TPSA) is 48.9 Å². The second kappa shape index (κ2) is 11.4. The average molecular weight is 458 g/mol. The van der Waals surface area contributed by atoms with E-state index in [1.165, 1.54) is 5.56 Å². The number of nitrogens with zero attached hydrogens (tertiary/aromatic N) is 2. The van der Waals surface area contributed by atoms with Gasteiger partial charge >= 0.3 is 0 Å². The maximum atomic E-state index is 5.35. The highest BCUT2D eigenvalue weighted by Crippen LogP contribution is 2.23. The van der Waals surface area contributed by atoms with Crippen LogP contribution in [0.25, 0.3) is 0 Å². The van der Waals surface area contributed by atoms with Crippen LogP contribution in [0, 0.1) is 0 Å². The van der Waals surface area contributed by atoms with Crippen LogP contribution in [0.3, 0.4) is 0 Å². The molecule has 2 rings (SSSR count). The van der Waals surface area contributed by atoms with E-state index in [1.54, 1.807) is 7.11 Å². The van der Waals surface area contributed by atoms with E-state index in [2.05, 4.69) is 60.8 Å². The lowest BCUT2D eigenvalue weighted by molar-refractivity contribution is 0.305. The number of likely N-dealkylation sites (N-methyl/N-ethyl adjacent to an activating group) is 1. The first-order valence-electron chi connectivity index (χ1n) is 8.64. The SMILES string of the molecule is CCNC(=NCC(c1cccc(OC)c1)N(C)C)NC1CC=CC1.I. The Kier molecular flexibility index (Phi) is 9.89. The molecule has 25 heavy (non-hydrogen) atoms. The largest absolute Gasteiger partial charge is 0.497 e. The summed E-state index contributed by atoms with van der Waals surface area (Å²) in [6.07, 6.45) is 6.58. The van der Waals surface area contributed by atoms with Crippen molar-refractivity contribution in [3.05, 3.63) is 42.0 Å². The zero-order valence-corrected chi connectivity index (χ0v) is 18.0. The molecule has 0 saturated carbocycles. The molecule has 0 aliphatic heterocycles. The van der Waals surface area contributed by atoms with Gasteiger partial charge in [0.25, 0.3) is 0 Å². The van der Waals surface area contributed by atoms with Gasteiger partial charge in [-0.15, -0.1) is 24.0 Å². The minimum atomic E-state index is 0. The maximum Gasteiger partial charge on any atom is 0.191 e. The maximum absolute atomic E-state index is 5.35. The Hall–Kier alpha value is -1.28. The quantitative estimate of drug-likeness (QED) is 0.285. The monoisotopic (exact) mass is 458 g/mol. The first-order chi connectivity index (χ1) is 11.6. The number of methoxy groups -OCH3 is 1. The van der Waals surface area contributed by atoms with Gasteiger partial charge in [-0.05, 0) is 51.6 Å². The van der Waals surface area contributed by atoms with Crippen LogP contribution in [0.4, 0.5) is 0 Å². The molecule has 1 aliphatic rings. The third kappa shape index (κ3) is 6.86. The van der Waals surface area contributed by atoms with E-state index in [4.69, 9.17) is 9.73 Å². The second-order valence-electron chi connectivity index (χ2n) is 6.26. The van der Waals surface area contributed by atoms with Crippen molar-refractivity contribution in [1.29, 1.82) is 0 Å². The van der Waals surface area contributed by atoms with Crippen molar-refractivity contribution in [3.63, 3.8) is 0 Å². The first-order valence-corrected chi connectivity index (χ1v) is 8.64. The standard InChI is InChI=1S/C19H30N4O.HI/c1-5-20-19(22-16-10-6-7-11-16)21-14-18(23(2)3)15-9-8-12-17(13-15)24-4;/h6-9,12-13,16,18H,5,10-11,14H2,1-4H3,(H2,20,21,22);1H. The fourth-order valence-corrected chi connectivity index (χ4v) is 2.84. The van der Waals surface area contributed by atoms with Crippen molar-refractivity contribution in [2.75, 3.05) is 34.3 Å². The smallest absolute Gasteiger partial charge is 0.191 e. The average Bonchev–Trinajstić information content (AvgIpc) is 3.08. The van der Waals surface area contributed by atoms with E-state index in [1.807, 2.05) is 12.1 Å². The molecular weight excluding hydrogens is 427 g/mol. The Labute approximate surface area is 168 Å². The molecule has 6 heteroatoms. The summed E-state index contributed by atoms with van der Waals surface area (Å²) >= 11 is 0. The second-order valence-corrected chi connectivity index (χ2v) is 6.26. The Morgan fingerprint density at radius 3 is 2.64 bits per heavy atom. The van der Waals surface area contributed by atoms with Gasteiger partial charge in [0.05, 0.1) is 19.7 Å². The molecule has 0 amide bonds. The van der Waals surface area contributed by atoms with Crippen LogP contribution >= 0.6 is 24.0 Å². The first kappa shape index (κ1) is 21.8. The molecular formula is C19H31IN4O. The number of halogens is 1. The molecule has 5 nitrogen and oxygen atoms in total. The summed E-state index contributed by atoms with van der Waals surface area (Å²) in [7, 11) is 5.87. The van der Waals surface area contributed by atoms with Gasteiger partial charge in [-0.2, -0.15) is 0 Å². The van der Waals surface area contributed by atoms with Crippen molar-refractivity contribution in [2.24, 2.45) is 4.99 Å². The van der Waals surface area contributed by atoms with Crippen molar-refractivity contribution >= 4 is 29.9 Å². The minimum Gasteiger partial charge on any atom is -0.497 e. The Bertz CT molecular complexity index is 566. The van der Waals surface area contributed by atoms with Crippen LogP contribution < -0.4 is 15.4 Å². The zero-order valence-electron chi connectivity index (χ0n) is 15.7. The van der Waals surface area contributed by atoms with Gasteiger partial charge in [0.1, 0.15) is 5.75 Å². The third-order valence-corrected chi connectivity index (χ3v) is 4.22. The summed E-state index contributed by atoms with van der Waals surface area (Å²) < 4.78 is 5.35. The molecule has 140 valence electrons. The molecule has 0 bridgehead atoms. The van der Waals surface area contributed by atoms with Crippen molar-refractivity contribution in [3.8, 4) is 5.75 Å². The molecule has 0 heterocycles. The summed E-state index contributed by atoms with van der Waals surface area (Å²) in [5, 5.41) is 6.86. The number of nitrogens with one attached hydrogen (secondary N) is 2. The van der Waals surface area contributed by atoms with Crippen LogP contribution in [0.5, 0.6) is 5.75 Å². The highest BCUT2D eigenvalue weighted by atomic mass is 127. The number of ether oxygens (including phenoxy) is 1. The lowest BCUT2D eigenvalue weighted by Crippen LogP contribution is -2.43. The van der Waals surface area contributed by atoms with Gasteiger partial charge in [-0.25, -0.2) is 0 Å². The lowest BCUT2D eigenvalue weighted by Gasteiger charge is -2.24. The molecule has 2 N–H and O–H groups in total. The van der Waals surface area contributed by atoms with E-state index in [0.29, 0.717) is 12.6 Å². The van der Waals surface area contributed by atoms with Crippen molar-refractivity contribution < 1.29 is 4.74 Å². The Balaban J connectivity index is 0.00000312. The number of benzene rings is 1. The molecule has 0 radical (unpaired) electrons. The number of hydrogen-bond acceptors (Lipinski definition) is 3. The fourth-order valence-electron chi connectivity index (χ4n) is 2.84. The van der Waals surface area contributed by atoms with Gasteiger partial charge in [0, 0.05) is 12.6 Å². The van der Waals surface area contributed by atoms with E-state index < -0.39 is 0 Å². The molecule has 1 unspecified atom stereocenters. The summed E-state index contributed by atoms with van der Waals surface area (Å²) in [5.74, 6) is 1.77. The van der Waals surface area contributed by atoms with E-state index in [-0.39, 0.29) is 30.0 Å². The number of guanidine groups is 1. The van der Waals surface area contributed by atoms with Crippen LogP contribution in [0.1, 0.15) is 31.4 Å². The summed E-state index contributed by atoms with van der Waals surface area (Å²) in [5.41, 5.74) is 1.21. The highest BCUT2D eigenvalue weighted by molar-refractivity contribution is 14.0. The molecule has 0 fully saturated rings.